The molecule has 0 aliphatic carbocycles. The van der Waals surface area contributed by atoms with Crippen LogP contribution in [0.25, 0.3) is 22.1 Å². The van der Waals surface area contributed by atoms with Crippen LogP contribution in [0.5, 0.6) is 11.5 Å². The van der Waals surface area contributed by atoms with E-state index in [4.69, 9.17) is 21.1 Å². The molecule has 0 radical (unpaired) electrons. The van der Waals surface area contributed by atoms with Gasteiger partial charge in [0.2, 0.25) is 6.79 Å². The maximum atomic E-state index is 6.23. The van der Waals surface area contributed by atoms with Crippen LogP contribution in [0, 0.1) is 0 Å². The van der Waals surface area contributed by atoms with Crippen molar-refractivity contribution >= 4 is 45.8 Å². The average Bonchev–Trinajstić information content (AvgIpc) is 3.25. The minimum atomic E-state index is 0.190. The quantitative estimate of drug-likeness (QED) is 0.433. The number of aromatic nitrogens is 4. The van der Waals surface area contributed by atoms with Gasteiger partial charge >= 0.3 is 0 Å². The van der Waals surface area contributed by atoms with Crippen LogP contribution >= 0.6 is 11.6 Å². The van der Waals surface area contributed by atoms with Crippen LogP contribution in [0.2, 0.25) is 5.02 Å². The molecule has 0 atom stereocenters. The van der Waals surface area contributed by atoms with Gasteiger partial charge in [-0.1, -0.05) is 29.8 Å². The number of aryl methyl sites for hydroxylation is 1. The van der Waals surface area contributed by atoms with Gasteiger partial charge < -0.3 is 14.0 Å². The number of benzene rings is 2. The zero-order chi connectivity index (χ0) is 18.4. The number of hydrazone groups is 1. The minimum absolute atomic E-state index is 0.190. The molecule has 0 saturated heterocycles. The molecule has 3 heterocycles. The molecule has 0 bridgehead atoms. The van der Waals surface area contributed by atoms with Crippen LogP contribution in [-0.2, 0) is 7.05 Å². The first kappa shape index (κ1) is 15.8. The van der Waals surface area contributed by atoms with E-state index in [1.165, 1.54) is 0 Å². The summed E-state index contributed by atoms with van der Waals surface area (Å²) in [4.78, 5) is 4.51. The Labute approximate surface area is 158 Å². The molecule has 9 heteroatoms. The van der Waals surface area contributed by atoms with Crippen LogP contribution < -0.4 is 14.9 Å². The first-order valence-corrected chi connectivity index (χ1v) is 8.54. The van der Waals surface area contributed by atoms with Crippen LogP contribution in [-0.4, -0.2) is 32.8 Å². The molecule has 0 amide bonds. The smallest absolute Gasteiger partial charge is 0.265 e. The molecule has 1 aliphatic heterocycles. The Kier molecular flexibility index (Phi) is 3.58. The Morgan fingerprint density at radius 1 is 1.19 bits per heavy atom. The molecule has 5 rings (SSSR count). The number of hydrogen-bond donors (Lipinski definition) is 1. The Bertz CT molecular complexity index is 1220. The Morgan fingerprint density at radius 2 is 2.00 bits per heavy atom. The number of halogens is 1. The number of fused-ring (bicyclic) bond motifs is 4. The zero-order valence-electron chi connectivity index (χ0n) is 14.2. The molecule has 2 aromatic carbocycles. The highest BCUT2D eigenvalue weighted by molar-refractivity contribution is 6.33. The van der Waals surface area contributed by atoms with E-state index in [0.717, 1.165) is 22.1 Å². The van der Waals surface area contributed by atoms with Gasteiger partial charge in [0.15, 0.2) is 17.1 Å². The summed E-state index contributed by atoms with van der Waals surface area (Å²) in [6, 6.07) is 11.4. The number of ether oxygens (including phenoxy) is 2. The fraction of sp³-hybridized carbons (Fsp3) is 0.111. The molecule has 2 aromatic heterocycles. The second kappa shape index (κ2) is 6.10. The van der Waals surface area contributed by atoms with Gasteiger partial charge in [0.25, 0.3) is 5.95 Å². The standard InChI is InChI=1S/C18H13ClN6O2/c1-25-13-5-3-2-4-11(13)16-17(25)21-18(24-22-16)23-20-8-10-6-14-15(7-12(10)19)27-9-26-14/h2-8H,9H2,1H3,(H,21,23,24). The minimum Gasteiger partial charge on any atom is -0.454 e. The third kappa shape index (κ3) is 2.61. The molecule has 1 aliphatic rings. The molecule has 0 spiro atoms. The Balaban J connectivity index is 1.44. The maximum Gasteiger partial charge on any atom is 0.265 e. The largest absolute Gasteiger partial charge is 0.454 e. The number of nitrogens with one attached hydrogen (secondary N) is 1. The lowest BCUT2D eigenvalue weighted by molar-refractivity contribution is 0.174. The van der Waals surface area contributed by atoms with Crippen LogP contribution in [0.15, 0.2) is 41.5 Å². The van der Waals surface area contributed by atoms with Crippen LogP contribution in [0.1, 0.15) is 5.56 Å². The average molecular weight is 381 g/mol. The number of para-hydroxylation sites is 1. The van der Waals surface area contributed by atoms with Gasteiger partial charge in [-0.25, -0.2) is 5.43 Å². The predicted octanol–water partition coefficient (Wildman–Crippen LogP) is 3.34. The van der Waals surface area contributed by atoms with Gasteiger partial charge in [0.05, 0.1) is 16.8 Å². The maximum absolute atomic E-state index is 6.23. The van der Waals surface area contributed by atoms with E-state index in [1.807, 2.05) is 35.9 Å². The normalized spacial score (nSPS) is 13.1. The van der Waals surface area contributed by atoms with E-state index in [0.29, 0.717) is 28.0 Å². The number of hydrogen-bond acceptors (Lipinski definition) is 7. The first-order valence-electron chi connectivity index (χ1n) is 8.17. The topological polar surface area (TPSA) is 86.5 Å². The number of rotatable bonds is 3. The molecule has 0 unspecified atom stereocenters. The van der Waals surface area contributed by atoms with Crippen molar-refractivity contribution in [1.82, 2.24) is 19.7 Å². The molecular formula is C18H13ClN6O2. The van der Waals surface area contributed by atoms with Crippen molar-refractivity contribution in [2.45, 2.75) is 0 Å². The van der Waals surface area contributed by atoms with E-state index in [2.05, 4.69) is 25.7 Å². The van der Waals surface area contributed by atoms with Crippen molar-refractivity contribution in [2.24, 2.45) is 12.1 Å². The molecule has 27 heavy (non-hydrogen) atoms. The van der Waals surface area contributed by atoms with E-state index >= 15 is 0 Å². The lowest BCUT2D eigenvalue weighted by Gasteiger charge is -2.02. The first-order chi connectivity index (χ1) is 13.2. The predicted molar refractivity (Wildman–Crippen MR) is 103 cm³/mol. The summed E-state index contributed by atoms with van der Waals surface area (Å²) in [5.41, 5.74) is 6.00. The highest BCUT2D eigenvalue weighted by atomic mass is 35.5. The molecule has 4 aromatic rings. The summed E-state index contributed by atoms with van der Waals surface area (Å²) in [5, 5.41) is 14.1. The third-order valence-corrected chi connectivity index (χ3v) is 4.69. The van der Waals surface area contributed by atoms with Gasteiger partial charge in [0.1, 0.15) is 5.52 Å². The summed E-state index contributed by atoms with van der Waals surface area (Å²) in [6.45, 7) is 0.190. The molecule has 0 saturated carbocycles. The zero-order valence-corrected chi connectivity index (χ0v) is 14.9. The van der Waals surface area contributed by atoms with Crippen molar-refractivity contribution in [1.29, 1.82) is 0 Å². The van der Waals surface area contributed by atoms with E-state index < -0.39 is 0 Å². The molecular weight excluding hydrogens is 368 g/mol. The van der Waals surface area contributed by atoms with E-state index in [1.54, 1.807) is 18.3 Å². The van der Waals surface area contributed by atoms with Gasteiger partial charge in [-0.2, -0.15) is 10.1 Å². The highest BCUT2D eigenvalue weighted by Gasteiger charge is 2.16. The Hall–Kier alpha value is -3.39. The molecule has 0 fully saturated rings. The van der Waals surface area contributed by atoms with Crippen molar-refractivity contribution in [2.75, 3.05) is 12.2 Å². The SMILES string of the molecule is Cn1c2ccccc2c2nnc(NN=Cc3cc4c(cc3Cl)OCO4)nc21. The van der Waals surface area contributed by atoms with Crippen LogP contribution in [0.4, 0.5) is 5.95 Å². The second-order valence-corrected chi connectivity index (χ2v) is 6.39. The number of anilines is 1. The summed E-state index contributed by atoms with van der Waals surface area (Å²) in [5.74, 6) is 1.55. The van der Waals surface area contributed by atoms with Crippen molar-refractivity contribution in [3.63, 3.8) is 0 Å². The van der Waals surface area contributed by atoms with Crippen LogP contribution in [0.3, 0.4) is 0 Å². The fourth-order valence-electron chi connectivity index (χ4n) is 3.05. The third-order valence-electron chi connectivity index (χ3n) is 4.37. The van der Waals surface area contributed by atoms with Gasteiger partial charge in [-0.3, -0.25) is 0 Å². The summed E-state index contributed by atoms with van der Waals surface area (Å²) in [6.07, 6.45) is 1.57. The van der Waals surface area contributed by atoms with E-state index in [-0.39, 0.29) is 6.79 Å². The second-order valence-electron chi connectivity index (χ2n) is 5.98. The van der Waals surface area contributed by atoms with Crippen molar-refractivity contribution in [3.8, 4) is 11.5 Å². The summed E-state index contributed by atoms with van der Waals surface area (Å²) in [7, 11) is 1.94. The Morgan fingerprint density at radius 3 is 2.89 bits per heavy atom. The van der Waals surface area contributed by atoms with Gasteiger partial charge in [-0.15, -0.1) is 10.2 Å². The fourth-order valence-corrected chi connectivity index (χ4v) is 3.25. The summed E-state index contributed by atoms with van der Waals surface area (Å²) >= 11 is 6.23. The summed E-state index contributed by atoms with van der Waals surface area (Å²) < 4.78 is 12.6. The van der Waals surface area contributed by atoms with Crippen molar-refractivity contribution in [3.05, 3.63) is 47.0 Å². The highest BCUT2D eigenvalue weighted by Crippen LogP contribution is 2.36. The molecule has 8 nitrogen and oxygen atoms in total. The monoisotopic (exact) mass is 380 g/mol. The molecule has 134 valence electrons. The lowest BCUT2D eigenvalue weighted by Crippen LogP contribution is -2.01. The van der Waals surface area contributed by atoms with Gasteiger partial charge in [0, 0.05) is 24.1 Å². The lowest BCUT2D eigenvalue weighted by atomic mass is 10.2. The van der Waals surface area contributed by atoms with Crippen molar-refractivity contribution < 1.29 is 9.47 Å². The molecule has 1 N–H and O–H groups in total. The van der Waals surface area contributed by atoms with E-state index in [9.17, 15) is 0 Å². The number of nitrogens with zero attached hydrogens (tertiary/aromatic N) is 5. The van der Waals surface area contributed by atoms with Gasteiger partial charge in [-0.05, 0) is 12.1 Å².